The molecular weight excluding hydrogens is 284 g/mol. The molecule has 2 N–H and O–H groups in total. The van der Waals surface area contributed by atoms with Gasteiger partial charge in [-0.1, -0.05) is 26.3 Å². The van der Waals surface area contributed by atoms with Crippen molar-refractivity contribution in [2.75, 3.05) is 0 Å². The van der Waals surface area contributed by atoms with E-state index < -0.39 is 0 Å². The van der Waals surface area contributed by atoms with Crippen LogP contribution in [-0.4, -0.2) is 16.3 Å². The second kappa shape index (κ2) is 5.24. The van der Waals surface area contributed by atoms with E-state index in [0.717, 1.165) is 24.8 Å². The quantitative estimate of drug-likeness (QED) is 0.798. The summed E-state index contributed by atoms with van der Waals surface area (Å²) in [5.74, 6) is 3.15. The molecule has 0 heterocycles. The molecule has 3 aliphatic rings. The van der Waals surface area contributed by atoms with E-state index >= 15 is 0 Å². The fourth-order valence-corrected chi connectivity index (χ4v) is 6.40. The van der Waals surface area contributed by atoms with Crippen molar-refractivity contribution in [3.05, 3.63) is 28.8 Å². The van der Waals surface area contributed by atoms with Crippen LogP contribution in [0.3, 0.4) is 0 Å². The molecule has 126 valence electrons. The van der Waals surface area contributed by atoms with Gasteiger partial charge in [-0.2, -0.15) is 0 Å². The van der Waals surface area contributed by atoms with Crippen LogP contribution < -0.4 is 0 Å². The lowest BCUT2D eigenvalue weighted by Gasteiger charge is -2.51. The smallest absolute Gasteiger partial charge is 0.118 e. The lowest BCUT2D eigenvalue weighted by Crippen LogP contribution is -2.45. The van der Waals surface area contributed by atoms with E-state index in [9.17, 15) is 10.2 Å². The summed E-state index contributed by atoms with van der Waals surface area (Å²) in [5.41, 5.74) is 4.00. The maximum Gasteiger partial charge on any atom is 0.118 e. The number of rotatable bonds is 1. The number of fused-ring (bicyclic) bond motifs is 5. The number of aliphatic hydroxyl groups excluding tert-OH is 1. The van der Waals surface area contributed by atoms with Crippen molar-refractivity contribution in [2.24, 2.45) is 23.2 Å². The van der Waals surface area contributed by atoms with Gasteiger partial charge in [0.05, 0.1) is 6.10 Å². The number of aliphatic hydroxyl groups is 1. The Morgan fingerprint density at radius 2 is 2.04 bits per heavy atom. The standard InChI is InChI=1S/C21H30O2/c1-4-13-11-19(23)21(3)8-7-15-16(20(13)21)6-5-14-10-18(22)12(2)9-17(14)15/h9-10,13,15-16,19-20,22-23H,4-8,11H2,1-3H3/t13-,15-,16+,19-,20-,21+/m0/s1. The predicted octanol–water partition coefficient (Wildman–Crippen LogP) is 4.55. The van der Waals surface area contributed by atoms with Gasteiger partial charge in [-0.25, -0.2) is 0 Å². The zero-order valence-electron chi connectivity index (χ0n) is 14.7. The van der Waals surface area contributed by atoms with Crippen LogP contribution >= 0.6 is 0 Å². The molecule has 0 radical (unpaired) electrons. The predicted molar refractivity (Wildman–Crippen MR) is 92.6 cm³/mol. The average molecular weight is 314 g/mol. The molecule has 2 heteroatoms. The first-order valence-electron chi connectivity index (χ1n) is 9.46. The Morgan fingerprint density at radius 1 is 1.26 bits per heavy atom. The summed E-state index contributed by atoms with van der Waals surface area (Å²) in [6.07, 6.45) is 6.75. The van der Waals surface area contributed by atoms with Crippen LogP contribution in [-0.2, 0) is 6.42 Å². The summed E-state index contributed by atoms with van der Waals surface area (Å²) in [6, 6.07) is 4.26. The van der Waals surface area contributed by atoms with Gasteiger partial charge in [-0.3, -0.25) is 0 Å². The first-order valence-corrected chi connectivity index (χ1v) is 9.46. The van der Waals surface area contributed by atoms with Crippen LogP contribution in [0.2, 0.25) is 0 Å². The number of phenolic OH excluding ortho intramolecular Hbond substituents is 1. The molecule has 6 atom stereocenters. The normalized spacial score (nSPS) is 42.0. The van der Waals surface area contributed by atoms with Crippen molar-refractivity contribution in [3.8, 4) is 5.75 Å². The minimum absolute atomic E-state index is 0.110. The van der Waals surface area contributed by atoms with Gasteiger partial charge in [0.25, 0.3) is 0 Å². The van der Waals surface area contributed by atoms with E-state index in [1.807, 2.05) is 13.0 Å². The molecule has 0 unspecified atom stereocenters. The summed E-state index contributed by atoms with van der Waals surface area (Å²) in [6.45, 7) is 6.66. The number of hydrogen-bond donors (Lipinski definition) is 2. The van der Waals surface area contributed by atoms with E-state index in [4.69, 9.17) is 0 Å². The number of benzene rings is 1. The Hall–Kier alpha value is -1.02. The van der Waals surface area contributed by atoms with Gasteiger partial charge in [-0.05, 0) is 90.9 Å². The van der Waals surface area contributed by atoms with Gasteiger partial charge in [0.15, 0.2) is 0 Å². The topological polar surface area (TPSA) is 40.5 Å². The van der Waals surface area contributed by atoms with Crippen molar-refractivity contribution < 1.29 is 10.2 Å². The maximum absolute atomic E-state index is 10.7. The molecule has 3 aliphatic carbocycles. The van der Waals surface area contributed by atoms with Crippen molar-refractivity contribution in [3.63, 3.8) is 0 Å². The Labute approximate surface area is 139 Å². The van der Waals surface area contributed by atoms with Crippen LogP contribution in [0.5, 0.6) is 5.75 Å². The van der Waals surface area contributed by atoms with Crippen LogP contribution in [0.1, 0.15) is 68.6 Å². The molecule has 2 nitrogen and oxygen atoms in total. The molecule has 2 fully saturated rings. The van der Waals surface area contributed by atoms with E-state index in [1.54, 1.807) is 0 Å². The second-order valence-corrected chi connectivity index (χ2v) is 8.64. The lowest BCUT2D eigenvalue weighted by atomic mass is 9.54. The monoisotopic (exact) mass is 314 g/mol. The summed E-state index contributed by atoms with van der Waals surface area (Å²) in [5, 5.41) is 20.8. The summed E-state index contributed by atoms with van der Waals surface area (Å²) < 4.78 is 0. The van der Waals surface area contributed by atoms with Gasteiger partial charge in [0.1, 0.15) is 5.75 Å². The largest absolute Gasteiger partial charge is 0.508 e. The number of aryl methyl sites for hydroxylation is 2. The summed E-state index contributed by atoms with van der Waals surface area (Å²) in [7, 11) is 0. The fraction of sp³-hybridized carbons (Fsp3) is 0.714. The number of hydrogen-bond acceptors (Lipinski definition) is 2. The average Bonchev–Trinajstić information content (AvgIpc) is 2.79. The SMILES string of the molecule is CC[C@H]1C[C@H](O)[C@@]2(C)CC[C@@H]3c4cc(C)c(O)cc4CC[C@H]3[C@H]12. The minimum atomic E-state index is -0.110. The molecule has 0 bridgehead atoms. The third kappa shape index (κ3) is 2.10. The van der Waals surface area contributed by atoms with Gasteiger partial charge in [0.2, 0.25) is 0 Å². The summed E-state index contributed by atoms with van der Waals surface area (Å²) >= 11 is 0. The molecule has 1 aromatic rings. The molecule has 4 rings (SSSR count). The van der Waals surface area contributed by atoms with Crippen LogP contribution in [0.25, 0.3) is 0 Å². The number of aromatic hydroxyl groups is 1. The van der Waals surface area contributed by atoms with Crippen molar-refractivity contribution in [1.29, 1.82) is 0 Å². The second-order valence-electron chi connectivity index (χ2n) is 8.64. The molecular formula is C21H30O2. The van der Waals surface area contributed by atoms with Gasteiger partial charge >= 0.3 is 0 Å². The Bertz CT molecular complexity index is 623. The van der Waals surface area contributed by atoms with Crippen molar-refractivity contribution in [1.82, 2.24) is 0 Å². The van der Waals surface area contributed by atoms with E-state index in [1.165, 1.54) is 30.4 Å². The van der Waals surface area contributed by atoms with Gasteiger partial charge in [0, 0.05) is 0 Å². The van der Waals surface area contributed by atoms with Crippen LogP contribution in [0, 0.1) is 30.1 Å². The Kier molecular flexibility index (Phi) is 3.53. The molecule has 0 saturated heterocycles. The lowest BCUT2D eigenvalue weighted by molar-refractivity contribution is -0.0301. The zero-order chi connectivity index (χ0) is 16.4. The Balaban J connectivity index is 1.75. The van der Waals surface area contributed by atoms with Gasteiger partial charge < -0.3 is 10.2 Å². The van der Waals surface area contributed by atoms with E-state index in [0.29, 0.717) is 29.4 Å². The number of phenols is 1. The highest BCUT2D eigenvalue weighted by Gasteiger charge is 2.57. The van der Waals surface area contributed by atoms with Crippen LogP contribution in [0.15, 0.2) is 12.1 Å². The third-order valence-electron chi connectivity index (χ3n) is 7.66. The highest BCUT2D eigenvalue weighted by molar-refractivity contribution is 5.45. The molecule has 2 saturated carbocycles. The zero-order valence-corrected chi connectivity index (χ0v) is 14.7. The highest BCUT2D eigenvalue weighted by Crippen LogP contribution is 2.63. The molecule has 1 aromatic carbocycles. The summed E-state index contributed by atoms with van der Waals surface area (Å²) in [4.78, 5) is 0. The minimum Gasteiger partial charge on any atom is -0.508 e. The Morgan fingerprint density at radius 3 is 2.78 bits per heavy atom. The van der Waals surface area contributed by atoms with E-state index in [-0.39, 0.29) is 11.5 Å². The van der Waals surface area contributed by atoms with Crippen LogP contribution in [0.4, 0.5) is 0 Å². The molecule has 0 aliphatic heterocycles. The highest BCUT2D eigenvalue weighted by atomic mass is 16.3. The molecule has 0 spiro atoms. The maximum atomic E-state index is 10.7. The third-order valence-corrected chi connectivity index (χ3v) is 7.66. The molecule has 0 aromatic heterocycles. The van der Waals surface area contributed by atoms with Crippen molar-refractivity contribution >= 4 is 0 Å². The fourth-order valence-electron chi connectivity index (χ4n) is 6.40. The first-order chi connectivity index (χ1) is 11.0. The van der Waals surface area contributed by atoms with Crippen molar-refractivity contribution in [2.45, 2.75) is 71.3 Å². The molecule has 23 heavy (non-hydrogen) atoms. The van der Waals surface area contributed by atoms with Gasteiger partial charge in [-0.15, -0.1) is 0 Å². The first kappa shape index (κ1) is 15.5. The molecule has 0 amide bonds. The van der Waals surface area contributed by atoms with E-state index in [2.05, 4.69) is 19.9 Å².